The summed E-state index contributed by atoms with van der Waals surface area (Å²) < 4.78 is 13.0. The van der Waals surface area contributed by atoms with Crippen LogP contribution in [0.4, 0.5) is 4.39 Å². The maximum absolute atomic E-state index is 13.0. The van der Waals surface area contributed by atoms with Crippen molar-refractivity contribution in [2.75, 3.05) is 0 Å². The Hall–Kier alpha value is -1.45. The lowest BCUT2D eigenvalue weighted by molar-refractivity contribution is 0.165. The predicted octanol–water partition coefficient (Wildman–Crippen LogP) is 3.41. The zero-order valence-corrected chi connectivity index (χ0v) is 11.1. The number of aryl methyl sites for hydroxylation is 1. The Morgan fingerprint density at radius 3 is 2.79 bits per heavy atom. The van der Waals surface area contributed by atoms with Gasteiger partial charge in [0.2, 0.25) is 0 Å². The Bertz CT molecular complexity index is 533. The lowest BCUT2D eigenvalue weighted by Crippen LogP contribution is -2.11. The molecule has 100 valence electrons. The third kappa shape index (κ3) is 4.30. The number of pyridine rings is 1. The van der Waals surface area contributed by atoms with Crippen LogP contribution in [0.3, 0.4) is 0 Å². The molecule has 2 nitrogen and oxygen atoms in total. The van der Waals surface area contributed by atoms with Gasteiger partial charge in [-0.25, -0.2) is 4.39 Å². The van der Waals surface area contributed by atoms with E-state index in [1.54, 1.807) is 24.5 Å². The predicted molar refractivity (Wildman–Crippen MR) is 73.7 cm³/mol. The Morgan fingerprint density at radius 1 is 1.26 bits per heavy atom. The standard InChI is InChI=1S/C15H15ClFNO/c16-14-9-12(4-6-15(14)17)8-13(19)5-3-11-2-1-7-18-10-11/h1-2,4,6-7,9-10,13,19H,3,5,8H2. The van der Waals surface area contributed by atoms with E-state index in [4.69, 9.17) is 11.6 Å². The molecule has 1 N–H and O–H groups in total. The molecule has 1 unspecified atom stereocenters. The molecule has 0 bridgehead atoms. The fourth-order valence-corrected chi connectivity index (χ4v) is 2.12. The monoisotopic (exact) mass is 279 g/mol. The van der Waals surface area contributed by atoms with Crippen LogP contribution in [0.15, 0.2) is 42.7 Å². The summed E-state index contributed by atoms with van der Waals surface area (Å²) in [6.45, 7) is 0. The molecule has 0 spiro atoms. The van der Waals surface area contributed by atoms with Crippen molar-refractivity contribution < 1.29 is 9.50 Å². The second-order valence-corrected chi connectivity index (χ2v) is 4.91. The number of aliphatic hydroxyl groups excluding tert-OH is 1. The third-order valence-corrected chi connectivity index (χ3v) is 3.23. The number of aliphatic hydroxyl groups is 1. The topological polar surface area (TPSA) is 33.1 Å². The number of nitrogens with zero attached hydrogens (tertiary/aromatic N) is 1. The van der Waals surface area contributed by atoms with E-state index in [0.29, 0.717) is 12.8 Å². The van der Waals surface area contributed by atoms with Gasteiger partial charge in [0.15, 0.2) is 0 Å². The molecule has 0 fully saturated rings. The smallest absolute Gasteiger partial charge is 0.141 e. The number of hydrogen-bond donors (Lipinski definition) is 1. The molecular weight excluding hydrogens is 265 g/mol. The Kier molecular flexibility index (Phi) is 4.88. The fourth-order valence-electron chi connectivity index (χ4n) is 1.92. The first-order valence-electron chi connectivity index (χ1n) is 6.16. The summed E-state index contributed by atoms with van der Waals surface area (Å²) in [6.07, 6.45) is 4.93. The average Bonchev–Trinajstić information content (AvgIpc) is 2.42. The summed E-state index contributed by atoms with van der Waals surface area (Å²) in [4.78, 5) is 4.03. The van der Waals surface area contributed by atoms with Gasteiger partial charge in [0.25, 0.3) is 0 Å². The van der Waals surface area contributed by atoms with Gasteiger partial charge in [-0.3, -0.25) is 4.98 Å². The SMILES string of the molecule is OC(CCc1cccnc1)Cc1ccc(F)c(Cl)c1. The van der Waals surface area contributed by atoms with Crippen LogP contribution < -0.4 is 0 Å². The van der Waals surface area contributed by atoms with E-state index in [9.17, 15) is 9.50 Å². The van der Waals surface area contributed by atoms with E-state index in [1.807, 2.05) is 12.1 Å². The zero-order valence-electron chi connectivity index (χ0n) is 10.4. The van der Waals surface area contributed by atoms with Gasteiger partial charge in [0.1, 0.15) is 5.82 Å². The molecular formula is C15H15ClFNO. The number of aromatic nitrogens is 1. The first-order chi connectivity index (χ1) is 9.15. The minimum absolute atomic E-state index is 0.0944. The molecule has 1 aromatic carbocycles. The summed E-state index contributed by atoms with van der Waals surface area (Å²) in [6, 6.07) is 8.39. The van der Waals surface area contributed by atoms with Crippen LogP contribution in [-0.4, -0.2) is 16.2 Å². The van der Waals surface area contributed by atoms with Crippen molar-refractivity contribution in [3.63, 3.8) is 0 Å². The van der Waals surface area contributed by atoms with Crippen molar-refractivity contribution in [2.45, 2.75) is 25.4 Å². The lowest BCUT2D eigenvalue weighted by atomic mass is 10.0. The van der Waals surface area contributed by atoms with Gasteiger partial charge in [0.05, 0.1) is 11.1 Å². The van der Waals surface area contributed by atoms with Crippen LogP contribution in [0.5, 0.6) is 0 Å². The Balaban J connectivity index is 1.87. The molecule has 1 atom stereocenters. The van der Waals surface area contributed by atoms with E-state index in [2.05, 4.69) is 4.98 Å². The molecule has 0 aliphatic rings. The highest BCUT2D eigenvalue weighted by molar-refractivity contribution is 6.30. The molecule has 1 heterocycles. The zero-order chi connectivity index (χ0) is 13.7. The van der Waals surface area contributed by atoms with E-state index in [0.717, 1.165) is 17.5 Å². The molecule has 0 radical (unpaired) electrons. The summed E-state index contributed by atoms with van der Waals surface area (Å²) in [5.41, 5.74) is 1.93. The van der Waals surface area contributed by atoms with Crippen molar-refractivity contribution in [1.29, 1.82) is 0 Å². The van der Waals surface area contributed by atoms with Crippen molar-refractivity contribution in [2.24, 2.45) is 0 Å². The van der Waals surface area contributed by atoms with Crippen LogP contribution in [-0.2, 0) is 12.8 Å². The molecule has 0 saturated carbocycles. The normalized spacial score (nSPS) is 12.4. The number of hydrogen-bond acceptors (Lipinski definition) is 2. The van der Waals surface area contributed by atoms with Crippen molar-refractivity contribution in [3.8, 4) is 0 Å². The fraction of sp³-hybridized carbons (Fsp3) is 0.267. The molecule has 0 saturated heterocycles. The van der Waals surface area contributed by atoms with E-state index >= 15 is 0 Å². The van der Waals surface area contributed by atoms with Gasteiger partial charge in [-0.15, -0.1) is 0 Å². The van der Waals surface area contributed by atoms with Crippen LogP contribution >= 0.6 is 11.6 Å². The lowest BCUT2D eigenvalue weighted by Gasteiger charge is -2.11. The van der Waals surface area contributed by atoms with E-state index < -0.39 is 11.9 Å². The molecule has 1 aromatic heterocycles. The largest absolute Gasteiger partial charge is 0.393 e. The molecule has 2 aromatic rings. The second-order valence-electron chi connectivity index (χ2n) is 4.51. The number of rotatable bonds is 5. The Morgan fingerprint density at radius 2 is 2.11 bits per heavy atom. The van der Waals surface area contributed by atoms with Gasteiger partial charge >= 0.3 is 0 Å². The van der Waals surface area contributed by atoms with E-state index in [-0.39, 0.29) is 5.02 Å². The van der Waals surface area contributed by atoms with Gasteiger partial charge in [-0.05, 0) is 48.6 Å². The van der Waals surface area contributed by atoms with Crippen LogP contribution in [0, 0.1) is 5.82 Å². The first kappa shape index (κ1) is 14.0. The molecule has 19 heavy (non-hydrogen) atoms. The summed E-state index contributed by atoms with van der Waals surface area (Å²) in [5.74, 6) is -0.435. The summed E-state index contributed by atoms with van der Waals surface area (Å²) in [7, 11) is 0. The van der Waals surface area contributed by atoms with Crippen molar-refractivity contribution in [1.82, 2.24) is 4.98 Å². The van der Waals surface area contributed by atoms with Gasteiger partial charge in [0, 0.05) is 12.4 Å². The first-order valence-corrected chi connectivity index (χ1v) is 6.54. The number of halogens is 2. The molecule has 0 amide bonds. The minimum Gasteiger partial charge on any atom is -0.393 e. The third-order valence-electron chi connectivity index (χ3n) is 2.94. The Labute approximate surface area is 116 Å². The quantitative estimate of drug-likeness (QED) is 0.910. The highest BCUT2D eigenvalue weighted by atomic mass is 35.5. The highest BCUT2D eigenvalue weighted by Crippen LogP contribution is 2.18. The molecule has 0 aliphatic carbocycles. The van der Waals surface area contributed by atoms with Gasteiger partial charge in [-0.2, -0.15) is 0 Å². The average molecular weight is 280 g/mol. The number of benzene rings is 1. The second kappa shape index (κ2) is 6.64. The van der Waals surface area contributed by atoms with Crippen LogP contribution in [0.1, 0.15) is 17.5 Å². The van der Waals surface area contributed by atoms with Gasteiger partial charge in [-0.1, -0.05) is 23.7 Å². The summed E-state index contributed by atoms with van der Waals surface area (Å²) >= 11 is 5.71. The van der Waals surface area contributed by atoms with E-state index in [1.165, 1.54) is 6.07 Å². The summed E-state index contributed by atoms with van der Waals surface area (Å²) in [5, 5.41) is 10.1. The maximum Gasteiger partial charge on any atom is 0.141 e. The molecule has 2 rings (SSSR count). The van der Waals surface area contributed by atoms with Crippen molar-refractivity contribution in [3.05, 3.63) is 64.7 Å². The molecule has 4 heteroatoms. The highest BCUT2D eigenvalue weighted by Gasteiger charge is 2.08. The van der Waals surface area contributed by atoms with Gasteiger partial charge < -0.3 is 5.11 Å². The minimum atomic E-state index is -0.471. The van der Waals surface area contributed by atoms with Crippen LogP contribution in [0.2, 0.25) is 5.02 Å². The van der Waals surface area contributed by atoms with Crippen molar-refractivity contribution >= 4 is 11.6 Å². The maximum atomic E-state index is 13.0. The molecule has 0 aliphatic heterocycles. The van der Waals surface area contributed by atoms with Crippen LogP contribution in [0.25, 0.3) is 0 Å².